The zero-order valence-electron chi connectivity index (χ0n) is 7.67. The van der Waals surface area contributed by atoms with Crippen LogP contribution in [0.25, 0.3) is 0 Å². The van der Waals surface area contributed by atoms with E-state index in [-0.39, 0.29) is 6.42 Å². The molecule has 0 spiro atoms. The van der Waals surface area contributed by atoms with Gasteiger partial charge in [0, 0.05) is 0 Å². The van der Waals surface area contributed by atoms with Gasteiger partial charge < -0.3 is 0 Å². The van der Waals surface area contributed by atoms with Crippen molar-refractivity contribution in [3.63, 3.8) is 0 Å². The number of nitriles is 1. The molecule has 0 aromatic heterocycles. The van der Waals surface area contributed by atoms with Gasteiger partial charge in [0.25, 0.3) is 0 Å². The monoisotopic (exact) mass is 201 g/mol. The average Bonchev–Trinajstić information content (AvgIpc) is 2.15. The number of hydrogen-bond acceptors (Lipinski definition) is 1. The lowest BCUT2D eigenvalue weighted by Gasteiger charge is -2.35. The molecule has 0 fully saturated rings. The van der Waals surface area contributed by atoms with Crippen LogP contribution in [-0.4, -0.2) is 6.18 Å². The summed E-state index contributed by atoms with van der Waals surface area (Å²) in [4.78, 5) is 0. The summed E-state index contributed by atoms with van der Waals surface area (Å²) < 4.78 is 38.4. The Morgan fingerprint density at radius 2 is 2.07 bits per heavy atom. The van der Waals surface area contributed by atoms with Crippen LogP contribution in [0.15, 0.2) is 24.3 Å². The number of halogens is 3. The van der Waals surface area contributed by atoms with Crippen LogP contribution in [0.5, 0.6) is 0 Å². The number of rotatable bonds is 1. The van der Waals surface area contributed by atoms with E-state index in [0.29, 0.717) is 0 Å². The Morgan fingerprint density at radius 3 is 2.43 bits per heavy atom. The minimum atomic E-state index is -4.37. The fraction of sp³-hybridized carbons (Fsp3) is 0.500. The quantitative estimate of drug-likeness (QED) is 0.639. The Labute approximate surface area is 80.5 Å². The molecule has 1 nitrogen and oxygen atoms in total. The van der Waals surface area contributed by atoms with Crippen molar-refractivity contribution in [2.24, 2.45) is 11.3 Å². The second-order valence-electron chi connectivity index (χ2n) is 3.24. The van der Waals surface area contributed by atoms with Gasteiger partial charge in [0.15, 0.2) is 0 Å². The molecule has 2 atom stereocenters. The van der Waals surface area contributed by atoms with Crippen molar-refractivity contribution in [1.82, 2.24) is 0 Å². The minimum Gasteiger partial charge on any atom is -0.198 e. The van der Waals surface area contributed by atoms with Crippen LogP contribution in [0.4, 0.5) is 13.2 Å². The molecule has 4 heteroatoms. The summed E-state index contributed by atoms with van der Waals surface area (Å²) in [6.07, 6.45) is 0.731. The molecule has 0 aliphatic heterocycles. The van der Waals surface area contributed by atoms with Crippen molar-refractivity contribution in [2.45, 2.75) is 19.5 Å². The number of hydrogen-bond donors (Lipinski definition) is 0. The Bertz CT molecular complexity index is 308. The van der Waals surface area contributed by atoms with Crippen molar-refractivity contribution in [3.8, 4) is 6.07 Å². The van der Waals surface area contributed by atoms with E-state index in [9.17, 15) is 13.2 Å². The first-order valence-electron chi connectivity index (χ1n) is 4.30. The SMILES string of the molecule is CCC1(C(F)(F)F)C=CC=CC1C#N. The van der Waals surface area contributed by atoms with Gasteiger partial charge in [-0.15, -0.1) is 0 Å². The number of alkyl halides is 3. The predicted molar refractivity (Wildman–Crippen MR) is 46.2 cm³/mol. The van der Waals surface area contributed by atoms with Crippen LogP contribution in [0.1, 0.15) is 13.3 Å². The van der Waals surface area contributed by atoms with E-state index in [0.717, 1.165) is 6.08 Å². The summed E-state index contributed by atoms with van der Waals surface area (Å²) in [5.74, 6) is -1.11. The molecule has 1 rings (SSSR count). The molecule has 0 saturated carbocycles. The number of allylic oxidation sites excluding steroid dienone is 4. The van der Waals surface area contributed by atoms with Crippen molar-refractivity contribution < 1.29 is 13.2 Å². The Balaban J connectivity index is 3.17. The first kappa shape index (κ1) is 10.8. The second kappa shape index (κ2) is 3.49. The zero-order chi connectivity index (χ0) is 10.8. The van der Waals surface area contributed by atoms with Crippen LogP contribution in [0.3, 0.4) is 0 Å². The van der Waals surface area contributed by atoms with Gasteiger partial charge in [-0.25, -0.2) is 0 Å². The molecule has 0 aromatic rings. The fourth-order valence-electron chi connectivity index (χ4n) is 1.65. The summed E-state index contributed by atoms with van der Waals surface area (Å²) in [7, 11) is 0. The molecule has 2 unspecified atom stereocenters. The van der Waals surface area contributed by atoms with E-state index in [4.69, 9.17) is 5.26 Å². The largest absolute Gasteiger partial charge is 0.399 e. The summed E-state index contributed by atoms with van der Waals surface area (Å²) in [5.41, 5.74) is -2.00. The van der Waals surface area contributed by atoms with Gasteiger partial charge in [0.1, 0.15) is 5.41 Å². The van der Waals surface area contributed by atoms with Crippen molar-refractivity contribution in [3.05, 3.63) is 24.3 Å². The van der Waals surface area contributed by atoms with E-state index in [1.54, 1.807) is 6.07 Å². The molecule has 1 aliphatic rings. The lowest BCUT2D eigenvalue weighted by molar-refractivity contribution is -0.214. The highest BCUT2D eigenvalue weighted by molar-refractivity contribution is 5.26. The molecule has 0 aromatic carbocycles. The molecule has 0 radical (unpaired) electrons. The molecule has 0 heterocycles. The van der Waals surface area contributed by atoms with Gasteiger partial charge in [0.05, 0.1) is 12.0 Å². The molecule has 0 saturated heterocycles. The third-order valence-electron chi connectivity index (χ3n) is 2.62. The first-order valence-corrected chi connectivity index (χ1v) is 4.30. The van der Waals surface area contributed by atoms with E-state index >= 15 is 0 Å². The van der Waals surface area contributed by atoms with Crippen LogP contribution in [0, 0.1) is 22.7 Å². The minimum absolute atomic E-state index is 0.116. The Morgan fingerprint density at radius 1 is 1.43 bits per heavy atom. The summed E-state index contributed by atoms with van der Waals surface area (Å²) in [6, 6.07) is 1.69. The second-order valence-corrected chi connectivity index (χ2v) is 3.24. The van der Waals surface area contributed by atoms with E-state index in [1.807, 2.05) is 0 Å². The van der Waals surface area contributed by atoms with Gasteiger partial charge in [-0.3, -0.25) is 0 Å². The topological polar surface area (TPSA) is 23.8 Å². The standard InChI is InChI=1S/C10H10F3N/c1-2-9(10(11,12)13)6-4-3-5-8(9)7-14/h3-6,8H,2H2,1H3. The molecule has 1 aliphatic carbocycles. The van der Waals surface area contributed by atoms with Crippen LogP contribution >= 0.6 is 0 Å². The smallest absolute Gasteiger partial charge is 0.198 e. The van der Waals surface area contributed by atoms with E-state index in [1.165, 1.54) is 25.2 Å². The third-order valence-corrected chi connectivity index (χ3v) is 2.62. The third kappa shape index (κ3) is 1.43. The highest BCUT2D eigenvalue weighted by Gasteiger charge is 2.56. The molecule has 0 amide bonds. The molecule has 14 heavy (non-hydrogen) atoms. The normalized spacial score (nSPS) is 31.5. The van der Waals surface area contributed by atoms with Gasteiger partial charge in [-0.1, -0.05) is 31.2 Å². The van der Waals surface area contributed by atoms with Crippen molar-refractivity contribution >= 4 is 0 Å². The molecule has 76 valence electrons. The van der Waals surface area contributed by atoms with E-state index < -0.39 is 17.5 Å². The van der Waals surface area contributed by atoms with Crippen LogP contribution in [0.2, 0.25) is 0 Å². The van der Waals surface area contributed by atoms with Crippen LogP contribution < -0.4 is 0 Å². The predicted octanol–water partition coefficient (Wildman–Crippen LogP) is 3.21. The van der Waals surface area contributed by atoms with Gasteiger partial charge in [0.2, 0.25) is 0 Å². The number of nitrogens with zero attached hydrogens (tertiary/aromatic N) is 1. The molecular formula is C10H10F3N. The molecular weight excluding hydrogens is 191 g/mol. The highest BCUT2D eigenvalue weighted by Crippen LogP contribution is 2.49. The maximum Gasteiger partial charge on any atom is 0.399 e. The van der Waals surface area contributed by atoms with Gasteiger partial charge in [-0.2, -0.15) is 18.4 Å². The van der Waals surface area contributed by atoms with Gasteiger partial charge >= 0.3 is 6.18 Å². The molecule has 0 N–H and O–H groups in total. The summed E-state index contributed by atoms with van der Waals surface area (Å²) in [5, 5.41) is 8.69. The lowest BCUT2D eigenvalue weighted by atomic mass is 9.71. The Hall–Kier alpha value is -1.24. The lowest BCUT2D eigenvalue weighted by Crippen LogP contribution is -2.42. The Kier molecular flexibility index (Phi) is 2.70. The maximum atomic E-state index is 12.8. The van der Waals surface area contributed by atoms with Crippen molar-refractivity contribution in [2.75, 3.05) is 0 Å². The highest BCUT2D eigenvalue weighted by atomic mass is 19.4. The zero-order valence-corrected chi connectivity index (χ0v) is 7.67. The summed E-state index contributed by atoms with van der Waals surface area (Å²) >= 11 is 0. The van der Waals surface area contributed by atoms with Crippen LogP contribution in [-0.2, 0) is 0 Å². The van der Waals surface area contributed by atoms with E-state index in [2.05, 4.69) is 0 Å². The molecule has 0 bridgehead atoms. The first-order chi connectivity index (χ1) is 6.48. The maximum absolute atomic E-state index is 12.8. The average molecular weight is 201 g/mol. The van der Waals surface area contributed by atoms with Gasteiger partial charge in [-0.05, 0) is 6.42 Å². The fourth-order valence-corrected chi connectivity index (χ4v) is 1.65. The summed E-state index contributed by atoms with van der Waals surface area (Å²) in [6.45, 7) is 1.45. The van der Waals surface area contributed by atoms with Crippen molar-refractivity contribution in [1.29, 1.82) is 5.26 Å².